The minimum Gasteiger partial charge on any atom is -0.0625 e. The smallest absolute Gasteiger partial charge is 0.0297 e. The Bertz CT molecular complexity index is 164. The Balaban J connectivity index is 2.01. The lowest BCUT2D eigenvalue weighted by Crippen LogP contribution is -2.51. The molecule has 0 N–H and O–H groups in total. The molecule has 0 nitrogen and oxygen atoms in total. The molecule has 0 saturated heterocycles. The maximum atomic E-state index is 2.47. The Hall–Kier alpha value is 0. The largest absolute Gasteiger partial charge is 0.0625 e. The molecule has 2 bridgehead atoms. The lowest BCUT2D eigenvalue weighted by atomic mass is 9.46. The van der Waals surface area contributed by atoms with Gasteiger partial charge in [0.05, 0.1) is 0 Å². The zero-order chi connectivity index (χ0) is 8.93. The van der Waals surface area contributed by atoms with Gasteiger partial charge in [0, 0.05) is 0 Å². The first-order valence-corrected chi connectivity index (χ1v) is 5.51. The van der Waals surface area contributed by atoms with Crippen molar-refractivity contribution >= 4 is 0 Å². The van der Waals surface area contributed by atoms with Crippen LogP contribution in [0.15, 0.2) is 0 Å². The molecule has 0 aromatic rings. The molecule has 3 aliphatic rings. The van der Waals surface area contributed by atoms with Gasteiger partial charge in [-0.2, -0.15) is 0 Å². The van der Waals surface area contributed by atoms with E-state index < -0.39 is 0 Å². The second kappa shape index (κ2) is 2.49. The second-order valence-corrected chi connectivity index (χ2v) is 5.93. The maximum Gasteiger partial charge on any atom is -0.0297 e. The van der Waals surface area contributed by atoms with Crippen LogP contribution in [0.4, 0.5) is 0 Å². The minimum atomic E-state index is 0.700. The van der Waals surface area contributed by atoms with Gasteiger partial charge in [0.1, 0.15) is 0 Å². The Morgan fingerprint density at radius 1 is 1.00 bits per heavy atom. The average Bonchev–Trinajstić information content (AvgIpc) is 2.04. The molecule has 0 radical (unpaired) electrons. The van der Waals surface area contributed by atoms with Crippen molar-refractivity contribution in [2.45, 2.75) is 47.0 Å². The highest BCUT2D eigenvalue weighted by Crippen LogP contribution is 2.61. The van der Waals surface area contributed by atoms with E-state index in [4.69, 9.17) is 0 Å². The van der Waals surface area contributed by atoms with E-state index in [2.05, 4.69) is 27.7 Å². The number of rotatable bonds is 1. The molecule has 3 aliphatic carbocycles. The molecular weight excluding hydrogens is 144 g/mol. The van der Waals surface area contributed by atoms with Crippen LogP contribution in [0.1, 0.15) is 47.0 Å². The van der Waals surface area contributed by atoms with Gasteiger partial charge in [-0.1, -0.05) is 27.7 Å². The molecule has 2 unspecified atom stereocenters. The van der Waals surface area contributed by atoms with Crippen LogP contribution in [0.25, 0.3) is 0 Å². The summed E-state index contributed by atoms with van der Waals surface area (Å²) in [6, 6.07) is 0. The summed E-state index contributed by atoms with van der Waals surface area (Å²) < 4.78 is 0. The third-order valence-electron chi connectivity index (χ3n) is 4.79. The third kappa shape index (κ3) is 1.03. The molecule has 0 aliphatic heterocycles. The first kappa shape index (κ1) is 8.59. The van der Waals surface area contributed by atoms with E-state index >= 15 is 0 Å². The monoisotopic (exact) mass is 166 g/mol. The van der Waals surface area contributed by atoms with Crippen molar-refractivity contribution in [3.05, 3.63) is 0 Å². The summed E-state index contributed by atoms with van der Waals surface area (Å²) >= 11 is 0. The Kier molecular flexibility index (Phi) is 1.79. The first-order valence-electron chi connectivity index (χ1n) is 5.51. The number of hydrogen-bond acceptors (Lipinski definition) is 0. The van der Waals surface area contributed by atoms with E-state index in [0.29, 0.717) is 5.41 Å². The molecule has 0 aromatic heterocycles. The number of fused-ring (bicyclic) bond motifs is 2. The van der Waals surface area contributed by atoms with E-state index in [0.717, 1.165) is 23.7 Å². The molecule has 2 atom stereocenters. The second-order valence-electron chi connectivity index (χ2n) is 5.93. The van der Waals surface area contributed by atoms with Gasteiger partial charge in [-0.25, -0.2) is 0 Å². The van der Waals surface area contributed by atoms with E-state index in [-0.39, 0.29) is 0 Å². The van der Waals surface area contributed by atoms with Gasteiger partial charge in [0.25, 0.3) is 0 Å². The lowest BCUT2D eigenvalue weighted by molar-refractivity contribution is -0.0982. The first-order chi connectivity index (χ1) is 5.51. The Morgan fingerprint density at radius 3 is 1.83 bits per heavy atom. The van der Waals surface area contributed by atoms with Crippen molar-refractivity contribution < 1.29 is 0 Å². The summed E-state index contributed by atoms with van der Waals surface area (Å²) in [6.45, 7) is 9.73. The van der Waals surface area contributed by atoms with Gasteiger partial charge in [-0.3, -0.25) is 0 Å². The normalized spacial score (nSPS) is 44.2. The SMILES string of the molecule is CC(C)C1CC2CC(C1)C2(C)C. The highest BCUT2D eigenvalue weighted by molar-refractivity contribution is 5.02. The van der Waals surface area contributed by atoms with Crippen molar-refractivity contribution in [3.8, 4) is 0 Å². The fourth-order valence-electron chi connectivity index (χ4n) is 3.30. The Labute approximate surface area is 76.7 Å². The van der Waals surface area contributed by atoms with Gasteiger partial charge in [-0.05, 0) is 48.3 Å². The third-order valence-corrected chi connectivity index (χ3v) is 4.79. The van der Waals surface area contributed by atoms with Gasteiger partial charge >= 0.3 is 0 Å². The van der Waals surface area contributed by atoms with E-state index in [9.17, 15) is 0 Å². The van der Waals surface area contributed by atoms with Crippen molar-refractivity contribution in [2.24, 2.45) is 29.1 Å². The van der Waals surface area contributed by atoms with E-state index in [1.54, 1.807) is 0 Å². The molecule has 3 fully saturated rings. The van der Waals surface area contributed by atoms with Gasteiger partial charge in [0.2, 0.25) is 0 Å². The topological polar surface area (TPSA) is 0 Å². The summed E-state index contributed by atoms with van der Waals surface area (Å²) in [4.78, 5) is 0. The highest BCUT2D eigenvalue weighted by Gasteiger charge is 2.52. The molecular formula is C12H22. The molecule has 3 rings (SSSR count). The molecule has 0 amide bonds. The van der Waals surface area contributed by atoms with Crippen LogP contribution in [-0.2, 0) is 0 Å². The fourth-order valence-corrected chi connectivity index (χ4v) is 3.30. The van der Waals surface area contributed by atoms with Crippen LogP contribution >= 0.6 is 0 Å². The quantitative estimate of drug-likeness (QED) is 0.557. The molecule has 0 heteroatoms. The summed E-state index contributed by atoms with van der Waals surface area (Å²) in [5, 5.41) is 0. The van der Waals surface area contributed by atoms with Gasteiger partial charge < -0.3 is 0 Å². The summed E-state index contributed by atoms with van der Waals surface area (Å²) in [5.41, 5.74) is 0.700. The molecule has 3 saturated carbocycles. The fraction of sp³-hybridized carbons (Fsp3) is 1.00. The summed E-state index contributed by atoms with van der Waals surface area (Å²) in [7, 11) is 0. The standard InChI is InChI=1S/C12H22/c1-8(2)9-5-10-7-11(6-9)12(10,3)4/h8-11H,5-7H2,1-4H3. The predicted octanol–water partition coefficient (Wildman–Crippen LogP) is 3.71. The zero-order valence-electron chi connectivity index (χ0n) is 8.93. The Morgan fingerprint density at radius 2 is 1.50 bits per heavy atom. The van der Waals surface area contributed by atoms with Crippen molar-refractivity contribution in [1.29, 1.82) is 0 Å². The van der Waals surface area contributed by atoms with Crippen LogP contribution in [0.3, 0.4) is 0 Å². The van der Waals surface area contributed by atoms with Crippen LogP contribution in [0.2, 0.25) is 0 Å². The van der Waals surface area contributed by atoms with Crippen molar-refractivity contribution in [2.75, 3.05) is 0 Å². The summed E-state index contributed by atoms with van der Waals surface area (Å²) in [6.07, 6.45) is 4.57. The minimum absolute atomic E-state index is 0.700. The van der Waals surface area contributed by atoms with Crippen LogP contribution < -0.4 is 0 Å². The van der Waals surface area contributed by atoms with E-state index in [1.165, 1.54) is 19.3 Å². The molecule has 0 spiro atoms. The van der Waals surface area contributed by atoms with Crippen LogP contribution in [0, 0.1) is 29.1 Å². The predicted molar refractivity (Wildman–Crippen MR) is 52.9 cm³/mol. The molecule has 0 heterocycles. The van der Waals surface area contributed by atoms with Gasteiger partial charge in [0.15, 0.2) is 0 Å². The maximum absolute atomic E-state index is 2.47. The van der Waals surface area contributed by atoms with Crippen molar-refractivity contribution in [3.63, 3.8) is 0 Å². The lowest BCUT2D eigenvalue weighted by Gasteiger charge is -2.59. The van der Waals surface area contributed by atoms with Crippen LogP contribution in [0.5, 0.6) is 0 Å². The van der Waals surface area contributed by atoms with Gasteiger partial charge in [-0.15, -0.1) is 0 Å². The van der Waals surface area contributed by atoms with Crippen LogP contribution in [-0.4, -0.2) is 0 Å². The van der Waals surface area contributed by atoms with Crippen molar-refractivity contribution in [1.82, 2.24) is 0 Å². The zero-order valence-corrected chi connectivity index (χ0v) is 8.93. The molecule has 12 heavy (non-hydrogen) atoms. The molecule has 70 valence electrons. The molecule has 0 aromatic carbocycles. The highest BCUT2D eigenvalue weighted by atomic mass is 14.6. The average molecular weight is 166 g/mol. The number of hydrogen-bond donors (Lipinski definition) is 0. The van der Waals surface area contributed by atoms with E-state index in [1.807, 2.05) is 0 Å². The summed E-state index contributed by atoms with van der Waals surface area (Å²) in [5.74, 6) is 4.08.